The summed E-state index contributed by atoms with van der Waals surface area (Å²) in [7, 11) is 0. The molecule has 0 N–H and O–H groups in total. The molecule has 4 aromatic heterocycles. The zero-order valence-electron chi connectivity index (χ0n) is 30.4. The van der Waals surface area contributed by atoms with Crippen molar-refractivity contribution in [2.24, 2.45) is 0 Å². The molecule has 5 nitrogen and oxygen atoms in total. The first-order valence-corrected chi connectivity index (χ1v) is 19.8. The summed E-state index contributed by atoms with van der Waals surface area (Å²) in [6.07, 6.45) is 0. The Morgan fingerprint density at radius 1 is 0.386 bits per heavy atom. The molecule has 0 bridgehead atoms. The fourth-order valence-electron chi connectivity index (χ4n) is 8.36. The minimum absolute atomic E-state index is 0.566. The molecule has 0 spiro atoms. The Bertz CT molecular complexity index is 3520. The highest BCUT2D eigenvalue weighted by Crippen LogP contribution is 2.39. The van der Waals surface area contributed by atoms with Crippen LogP contribution in [0, 0.1) is 0 Å². The lowest BCUT2D eigenvalue weighted by Gasteiger charge is -2.11. The lowest BCUT2D eigenvalue weighted by atomic mass is 10.0. The van der Waals surface area contributed by atoms with E-state index in [-0.39, 0.29) is 0 Å². The minimum Gasteiger partial charge on any atom is -0.455 e. The number of hydrogen-bond donors (Lipinski definition) is 0. The molecule has 6 heteroatoms. The zero-order chi connectivity index (χ0) is 37.5. The summed E-state index contributed by atoms with van der Waals surface area (Å²) in [5, 5.41) is 7.03. The molecule has 0 unspecified atom stereocenters. The first kappa shape index (κ1) is 31.9. The highest BCUT2D eigenvalue weighted by Gasteiger charge is 2.19. The van der Waals surface area contributed by atoms with Crippen molar-refractivity contribution in [3.63, 3.8) is 0 Å². The van der Waals surface area contributed by atoms with Crippen molar-refractivity contribution >= 4 is 75.3 Å². The number of fused-ring (bicyclic) bond motifs is 9. The largest absolute Gasteiger partial charge is 0.455 e. The topological polar surface area (TPSA) is 56.7 Å². The van der Waals surface area contributed by atoms with E-state index in [4.69, 9.17) is 19.4 Å². The summed E-state index contributed by atoms with van der Waals surface area (Å²) >= 11 is 1.79. The van der Waals surface area contributed by atoms with Crippen LogP contribution in [0.3, 0.4) is 0 Å². The van der Waals surface area contributed by atoms with Crippen molar-refractivity contribution in [3.8, 4) is 51.0 Å². The Kier molecular flexibility index (Phi) is 7.03. The van der Waals surface area contributed by atoms with Gasteiger partial charge in [-0.15, -0.1) is 11.3 Å². The average molecular weight is 747 g/mol. The average Bonchev–Trinajstić information content (AvgIpc) is 3.96. The number of para-hydroxylation sites is 3. The summed E-state index contributed by atoms with van der Waals surface area (Å²) in [6.45, 7) is 0. The van der Waals surface area contributed by atoms with Crippen LogP contribution >= 0.6 is 11.3 Å². The van der Waals surface area contributed by atoms with Crippen LogP contribution < -0.4 is 0 Å². The smallest absolute Gasteiger partial charge is 0.167 e. The maximum Gasteiger partial charge on any atom is 0.167 e. The zero-order valence-corrected chi connectivity index (χ0v) is 31.2. The summed E-state index contributed by atoms with van der Waals surface area (Å²) in [6, 6.07) is 63.9. The van der Waals surface area contributed by atoms with Crippen LogP contribution in [0.2, 0.25) is 0 Å². The van der Waals surface area contributed by atoms with Crippen molar-refractivity contribution in [2.75, 3.05) is 0 Å². The van der Waals surface area contributed by atoms with Crippen molar-refractivity contribution in [1.29, 1.82) is 0 Å². The van der Waals surface area contributed by atoms with E-state index in [1.807, 2.05) is 24.3 Å². The Morgan fingerprint density at radius 3 is 1.91 bits per heavy atom. The summed E-state index contributed by atoms with van der Waals surface area (Å²) in [4.78, 5) is 15.5. The Morgan fingerprint density at radius 2 is 1.04 bits per heavy atom. The molecule has 266 valence electrons. The molecule has 0 amide bonds. The second kappa shape index (κ2) is 12.6. The van der Waals surface area contributed by atoms with Crippen LogP contribution in [0.15, 0.2) is 186 Å². The number of rotatable bonds is 5. The first-order valence-electron chi connectivity index (χ1n) is 19.0. The molecule has 57 heavy (non-hydrogen) atoms. The summed E-state index contributed by atoms with van der Waals surface area (Å²) in [5.74, 6) is 1.78. The van der Waals surface area contributed by atoms with Gasteiger partial charge in [-0.25, -0.2) is 15.0 Å². The van der Waals surface area contributed by atoms with Crippen molar-refractivity contribution < 1.29 is 4.42 Å². The van der Waals surface area contributed by atoms with E-state index in [9.17, 15) is 0 Å². The second-order valence-corrected chi connectivity index (χ2v) is 15.5. The fourth-order valence-corrected chi connectivity index (χ4v) is 9.51. The van der Waals surface area contributed by atoms with Crippen molar-refractivity contribution in [2.45, 2.75) is 0 Å². The second-order valence-electron chi connectivity index (χ2n) is 14.4. The van der Waals surface area contributed by atoms with Gasteiger partial charge in [0.2, 0.25) is 0 Å². The van der Waals surface area contributed by atoms with Gasteiger partial charge in [-0.1, -0.05) is 115 Å². The van der Waals surface area contributed by atoms with E-state index in [0.717, 1.165) is 55.3 Å². The standard InChI is InChI=1S/C51H30N4OS/c1-2-11-31(12-3-1)33-24-28-44-42(29-33)36-13-4-7-18-43(36)55(44)35-25-21-32(22-26-35)49-52-50(34-23-27-39-38-15-6-9-20-46(38)57-47(39)30-34)54-51(53-49)41-17-10-16-40-37-14-5-8-19-45(37)56-48(40)41/h1-30H. The van der Waals surface area contributed by atoms with Gasteiger partial charge in [0.05, 0.1) is 16.6 Å². The molecule has 0 fully saturated rings. The van der Waals surface area contributed by atoms with Gasteiger partial charge in [0, 0.05) is 58.5 Å². The summed E-state index contributed by atoms with van der Waals surface area (Å²) < 4.78 is 11.3. The highest BCUT2D eigenvalue weighted by atomic mass is 32.1. The third kappa shape index (κ3) is 5.12. The molecular weight excluding hydrogens is 717 g/mol. The van der Waals surface area contributed by atoms with Gasteiger partial charge >= 0.3 is 0 Å². The van der Waals surface area contributed by atoms with Crippen LogP contribution in [0.4, 0.5) is 0 Å². The lowest BCUT2D eigenvalue weighted by Crippen LogP contribution is -2.01. The molecule has 0 aliphatic rings. The fraction of sp³-hybridized carbons (Fsp3) is 0. The Balaban J connectivity index is 1.02. The minimum atomic E-state index is 0.566. The van der Waals surface area contributed by atoms with Gasteiger partial charge in [0.25, 0.3) is 0 Å². The maximum absolute atomic E-state index is 6.48. The molecular formula is C51H30N4OS. The van der Waals surface area contributed by atoms with Gasteiger partial charge in [-0.05, 0) is 77.9 Å². The van der Waals surface area contributed by atoms with Gasteiger partial charge in [0.1, 0.15) is 11.2 Å². The lowest BCUT2D eigenvalue weighted by molar-refractivity contribution is 0.669. The molecule has 0 atom stereocenters. The van der Waals surface area contributed by atoms with E-state index in [0.29, 0.717) is 17.5 Å². The van der Waals surface area contributed by atoms with E-state index in [1.54, 1.807) is 11.3 Å². The summed E-state index contributed by atoms with van der Waals surface area (Å²) in [5.41, 5.74) is 10.0. The number of nitrogens with zero attached hydrogens (tertiary/aromatic N) is 4. The molecule has 4 heterocycles. The maximum atomic E-state index is 6.48. The molecule has 0 saturated carbocycles. The molecule has 0 aliphatic carbocycles. The third-order valence-corrected chi connectivity index (χ3v) is 12.2. The normalized spacial score (nSPS) is 11.9. The van der Waals surface area contributed by atoms with Crippen LogP contribution in [0.25, 0.3) is 115 Å². The van der Waals surface area contributed by atoms with Gasteiger partial charge in [-0.2, -0.15) is 0 Å². The highest BCUT2D eigenvalue weighted by molar-refractivity contribution is 7.25. The Hall–Kier alpha value is -7.41. The number of hydrogen-bond acceptors (Lipinski definition) is 5. The quantitative estimate of drug-likeness (QED) is 0.176. The number of thiophene rings is 1. The number of benzene rings is 8. The van der Waals surface area contributed by atoms with Crippen LogP contribution in [0.1, 0.15) is 0 Å². The molecule has 0 aliphatic heterocycles. The van der Waals surface area contributed by atoms with Crippen LogP contribution in [0.5, 0.6) is 0 Å². The van der Waals surface area contributed by atoms with Crippen molar-refractivity contribution in [1.82, 2.24) is 19.5 Å². The van der Waals surface area contributed by atoms with Crippen LogP contribution in [-0.2, 0) is 0 Å². The number of aromatic nitrogens is 4. The molecule has 0 radical (unpaired) electrons. The monoisotopic (exact) mass is 746 g/mol. The molecule has 8 aromatic carbocycles. The molecule has 12 rings (SSSR count). The SMILES string of the molecule is c1ccc(-c2ccc3c(c2)c2ccccc2n3-c2ccc(-c3nc(-c4ccc5c(c4)sc4ccccc45)nc(-c4cccc5c4oc4ccccc45)n3)cc2)cc1. The first-order chi connectivity index (χ1) is 28.2. The predicted molar refractivity (Wildman–Crippen MR) is 236 cm³/mol. The van der Waals surface area contributed by atoms with Crippen molar-refractivity contribution in [3.05, 3.63) is 182 Å². The van der Waals surface area contributed by atoms with Crippen LogP contribution in [-0.4, -0.2) is 19.5 Å². The molecule has 12 aromatic rings. The van der Waals surface area contributed by atoms with E-state index in [2.05, 4.69) is 162 Å². The molecule has 0 saturated heterocycles. The number of furan rings is 1. The van der Waals surface area contributed by atoms with Gasteiger partial charge in [0.15, 0.2) is 17.5 Å². The van der Waals surface area contributed by atoms with E-state index < -0.39 is 0 Å². The third-order valence-electron chi connectivity index (χ3n) is 11.1. The Labute approximate surface area is 330 Å². The van der Waals surface area contributed by atoms with E-state index >= 15 is 0 Å². The van der Waals surface area contributed by atoms with E-state index in [1.165, 1.54) is 42.1 Å². The van der Waals surface area contributed by atoms with Gasteiger partial charge < -0.3 is 8.98 Å². The van der Waals surface area contributed by atoms with Gasteiger partial charge in [-0.3, -0.25) is 0 Å². The predicted octanol–water partition coefficient (Wildman–Crippen LogP) is 13.9.